The van der Waals surface area contributed by atoms with Crippen LogP contribution >= 0.6 is 27.3 Å². The van der Waals surface area contributed by atoms with Crippen LogP contribution in [0, 0.1) is 12.7 Å². The van der Waals surface area contributed by atoms with Crippen LogP contribution in [0.4, 0.5) is 9.52 Å². The van der Waals surface area contributed by atoms with E-state index in [9.17, 15) is 9.18 Å². The van der Waals surface area contributed by atoms with Gasteiger partial charge in [0.1, 0.15) is 5.82 Å². The number of hydrogen-bond acceptors (Lipinski definition) is 3. The molecule has 0 radical (unpaired) electrons. The Hall–Kier alpha value is -1.27. The molecule has 17 heavy (non-hydrogen) atoms. The van der Waals surface area contributed by atoms with E-state index in [2.05, 4.69) is 26.2 Å². The van der Waals surface area contributed by atoms with Gasteiger partial charge in [-0.1, -0.05) is 11.3 Å². The Kier molecular flexibility index (Phi) is 3.54. The lowest BCUT2D eigenvalue weighted by molar-refractivity contribution is 0.102. The largest absolute Gasteiger partial charge is 0.298 e. The van der Waals surface area contributed by atoms with Crippen LogP contribution in [0.25, 0.3) is 0 Å². The highest BCUT2D eigenvalue weighted by Crippen LogP contribution is 2.23. The second-order valence-electron chi connectivity index (χ2n) is 3.38. The Balaban J connectivity index is 2.20. The van der Waals surface area contributed by atoms with Crippen LogP contribution in [0.5, 0.6) is 0 Å². The number of anilines is 1. The molecule has 0 atom stereocenters. The number of aryl methyl sites for hydroxylation is 1. The molecule has 1 heterocycles. The Morgan fingerprint density at radius 2 is 2.29 bits per heavy atom. The van der Waals surface area contributed by atoms with E-state index in [0.717, 1.165) is 3.79 Å². The van der Waals surface area contributed by atoms with Crippen molar-refractivity contribution in [1.82, 2.24) is 4.98 Å². The van der Waals surface area contributed by atoms with Crippen molar-refractivity contribution in [1.29, 1.82) is 0 Å². The first-order valence-electron chi connectivity index (χ1n) is 4.75. The van der Waals surface area contributed by atoms with Crippen molar-refractivity contribution in [2.45, 2.75) is 6.92 Å². The minimum atomic E-state index is -0.351. The molecule has 6 heteroatoms. The van der Waals surface area contributed by atoms with Crippen molar-refractivity contribution in [3.8, 4) is 0 Å². The molecule has 0 saturated heterocycles. The third-order valence-corrected chi connectivity index (χ3v) is 3.52. The van der Waals surface area contributed by atoms with Gasteiger partial charge in [0.05, 0.1) is 9.98 Å². The number of nitrogens with one attached hydrogen (secondary N) is 1. The maximum atomic E-state index is 12.9. The van der Waals surface area contributed by atoms with Gasteiger partial charge in [0.25, 0.3) is 5.91 Å². The highest BCUT2D eigenvalue weighted by Gasteiger charge is 2.11. The van der Waals surface area contributed by atoms with Gasteiger partial charge in [0, 0.05) is 5.56 Å². The van der Waals surface area contributed by atoms with Gasteiger partial charge in [-0.3, -0.25) is 10.1 Å². The summed E-state index contributed by atoms with van der Waals surface area (Å²) >= 11 is 4.58. The van der Waals surface area contributed by atoms with Gasteiger partial charge in [-0.15, -0.1) is 0 Å². The molecular formula is C11H8BrFN2OS. The number of aromatic nitrogens is 1. The molecule has 0 aliphatic heterocycles. The number of rotatable bonds is 2. The molecule has 2 aromatic rings. The molecule has 1 amide bonds. The fourth-order valence-electron chi connectivity index (χ4n) is 1.36. The smallest absolute Gasteiger partial charge is 0.257 e. The summed E-state index contributed by atoms with van der Waals surface area (Å²) in [4.78, 5) is 15.9. The molecule has 3 nitrogen and oxygen atoms in total. The first-order chi connectivity index (χ1) is 8.06. The molecule has 1 aromatic heterocycles. The number of halogens is 2. The fraction of sp³-hybridized carbons (Fsp3) is 0.0909. The van der Waals surface area contributed by atoms with Crippen molar-refractivity contribution in [3.63, 3.8) is 0 Å². The Labute approximate surface area is 110 Å². The number of nitrogens with zero attached hydrogens (tertiary/aromatic N) is 1. The van der Waals surface area contributed by atoms with Gasteiger partial charge >= 0.3 is 0 Å². The summed E-state index contributed by atoms with van der Waals surface area (Å²) in [7, 11) is 0. The summed E-state index contributed by atoms with van der Waals surface area (Å²) in [6, 6.07) is 4.05. The van der Waals surface area contributed by atoms with Crippen LogP contribution in [-0.4, -0.2) is 10.9 Å². The monoisotopic (exact) mass is 314 g/mol. The average Bonchev–Trinajstić information content (AvgIpc) is 2.63. The predicted octanol–water partition coefficient (Wildman–Crippen LogP) is 3.61. The van der Waals surface area contributed by atoms with Gasteiger partial charge in [-0.05, 0) is 46.6 Å². The Morgan fingerprint density at radius 3 is 2.88 bits per heavy atom. The topological polar surface area (TPSA) is 42.0 Å². The van der Waals surface area contributed by atoms with Crippen LogP contribution in [0.2, 0.25) is 0 Å². The van der Waals surface area contributed by atoms with Gasteiger partial charge in [0.15, 0.2) is 5.13 Å². The van der Waals surface area contributed by atoms with Gasteiger partial charge < -0.3 is 0 Å². The van der Waals surface area contributed by atoms with Crippen LogP contribution < -0.4 is 5.32 Å². The van der Waals surface area contributed by atoms with E-state index in [1.807, 2.05) is 0 Å². The first-order valence-corrected chi connectivity index (χ1v) is 6.36. The zero-order valence-electron chi connectivity index (χ0n) is 8.83. The Morgan fingerprint density at radius 1 is 1.53 bits per heavy atom. The number of amides is 1. The summed E-state index contributed by atoms with van der Waals surface area (Å²) < 4.78 is 13.7. The number of benzene rings is 1. The lowest BCUT2D eigenvalue weighted by atomic mass is 10.1. The summed E-state index contributed by atoms with van der Waals surface area (Å²) in [5.41, 5.74) is 1.04. The van der Waals surface area contributed by atoms with Crippen molar-refractivity contribution in [2.75, 3.05) is 5.32 Å². The molecule has 1 aromatic carbocycles. The van der Waals surface area contributed by atoms with E-state index in [1.54, 1.807) is 13.1 Å². The normalized spacial score (nSPS) is 10.3. The molecule has 2 rings (SSSR count). The van der Waals surface area contributed by atoms with E-state index >= 15 is 0 Å². The van der Waals surface area contributed by atoms with Gasteiger partial charge in [-0.2, -0.15) is 0 Å². The predicted molar refractivity (Wildman–Crippen MR) is 68.9 cm³/mol. The van der Waals surface area contributed by atoms with Crippen molar-refractivity contribution in [3.05, 3.63) is 45.1 Å². The Bertz CT molecular complexity index is 570. The zero-order chi connectivity index (χ0) is 12.4. The lowest BCUT2D eigenvalue weighted by Gasteiger charge is -2.04. The van der Waals surface area contributed by atoms with E-state index in [0.29, 0.717) is 16.3 Å². The van der Waals surface area contributed by atoms with Gasteiger partial charge in [-0.25, -0.2) is 9.37 Å². The summed E-state index contributed by atoms with van der Waals surface area (Å²) in [5.74, 6) is -0.639. The third kappa shape index (κ3) is 2.89. The zero-order valence-corrected chi connectivity index (χ0v) is 11.2. The molecular weight excluding hydrogens is 307 g/mol. The number of thiazole rings is 1. The summed E-state index contributed by atoms with van der Waals surface area (Å²) in [6.45, 7) is 1.69. The van der Waals surface area contributed by atoms with E-state index in [1.165, 1.54) is 29.5 Å². The number of carbonyl (C=O) groups is 1. The van der Waals surface area contributed by atoms with Crippen LogP contribution in [0.3, 0.4) is 0 Å². The highest BCUT2D eigenvalue weighted by atomic mass is 79.9. The summed E-state index contributed by atoms with van der Waals surface area (Å²) in [5, 5.41) is 3.16. The summed E-state index contributed by atoms with van der Waals surface area (Å²) in [6.07, 6.45) is 1.61. The molecule has 0 bridgehead atoms. The maximum Gasteiger partial charge on any atom is 0.257 e. The third-order valence-electron chi connectivity index (χ3n) is 2.13. The maximum absolute atomic E-state index is 12.9. The van der Waals surface area contributed by atoms with E-state index < -0.39 is 0 Å². The van der Waals surface area contributed by atoms with Crippen molar-refractivity contribution >= 4 is 38.3 Å². The highest BCUT2D eigenvalue weighted by molar-refractivity contribution is 9.11. The minimum absolute atomic E-state index is 0.288. The van der Waals surface area contributed by atoms with Gasteiger partial charge in [0.2, 0.25) is 0 Å². The lowest BCUT2D eigenvalue weighted by Crippen LogP contribution is -2.13. The quantitative estimate of drug-likeness (QED) is 0.920. The van der Waals surface area contributed by atoms with Crippen molar-refractivity contribution in [2.24, 2.45) is 0 Å². The van der Waals surface area contributed by atoms with Crippen LogP contribution in [0.1, 0.15) is 15.9 Å². The van der Waals surface area contributed by atoms with Crippen LogP contribution in [0.15, 0.2) is 28.2 Å². The molecule has 0 saturated carbocycles. The molecule has 1 N–H and O–H groups in total. The van der Waals surface area contributed by atoms with Crippen molar-refractivity contribution < 1.29 is 9.18 Å². The standard InChI is InChI=1S/C11H8BrFN2OS/c1-6-4-7(13)2-3-8(6)10(16)15-11-14-5-9(12)17-11/h2-5H,1H3,(H,14,15,16). The second-order valence-corrected chi connectivity index (χ2v) is 5.79. The average molecular weight is 315 g/mol. The molecule has 0 aliphatic rings. The molecule has 88 valence electrons. The molecule has 0 spiro atoms. The second kappa shape index (κ2) is 4.93. The first kappa shape index (κ1) is 12.2. The van der Waals surface area contributed by atoms with E-state index in [4.69, 9.17) is 0 Å². The molecule has 0 aliphatic carbocycles. The van der Waals surface area contributed by atoms with E-state index in [-0.39, 0.29) is 11.7 Å². The number of carbonyl (C=O) groups excluding carboxylic acids is 1. The minimum Gasteiger partial charge on any atom is -0.298 e. The number of hydrogen-bond donors (Lipinski definition) is 1. The molecule has 0 unspecified atom stereocenters. The van der Waals surface area contributed by atoms with Crippen LogP contribution in [-0.2, 0) is 0 Å². The molecule has 0 fully saturated rings. The SMILES string of the molecule is Cc1cc(F)ccc1C(=O)Nc1ncc(Br)s1. The fourth-order valence-corrected chi connectivity index (χ4v) is 2.46.